The number of nitrogens with one attached hydrogen (secondary N) is 2. The lowest BCUT2D eigenvalue weighted by Gasteiger charge is -2.18. The Morgan fingerprint density at radius 3 is 2.59 bits per heavy atom. The molecule has 0 aliphatic heterocycles. The zero-order valence-electron chi connectivity index (χ0n) is 17.1. The van der Waals surface area contributed by atoms with Gasteiger partial charge in [-0.2, -0.15) is 0 Å². The summed E-state index contributed by atoms with van der Waals surface area (Å²) in [6, 6.07) is 9.29. The Hall–Kier alpha value is -4.05. The van der Waals surface area contributed by atoms with Crippen LogP contribution in [0.25, 0.3) is 22.5 Å². The third-order valence-electron chi connectivity index (χ3n) is 5.42. The largest absolute Gasteiger partial charge is 0.508 e. The Morgan fingerprint density at radius 1 is 1.16 bits per heavy atom. The van der Waals surface area contributed by atoms with Crippen molar-refractivity contribution < 1.29 is 19.7 Å². The van der Waals surface area contributed by atoms with Crippen LogP contribution in [0.15, 0.2) is 41.2 Å². The first-order valence-electron chi connectivity index (χ1n) is 10.1. The number of benzene rings is 2. The molecule has 1 aliphatic carbocycles. The molecule has 4 rings (SSSR count). The van der Waals surface area contributed by atoms with Crippen LogP contribution in [0.2, 0.25) is 0 Å². The van der Waals surface area contributed by atoms with Gasteiger partial charge >= 0.3 is 5.97 Å². The number of rotatable bonds is 6. The third kappa shape index (κ3) is 4.21. The molecule has 0 bridgehead atoms. The lowest BCUT2D eigenvalue weighted by Crippen LogP contribution is -2.21. The van der Waals surface area contributed by atoms with Gasteiger partial charge < -0.3 is 31.1 Å². The second-order valence-corrected chi connectivity index (χ2v) is 7.63. The molecule has 1 heterocycles. The summed E-state index contributed by atoms with van der Waals surface area (Å²) in [4.78, 5) is 30.6. The van der Waals surface area contributed by atoms with Gasteiger partial charge in [0.1, 0.15) is 23.0 Å². The smallest absolute Gasteiger partial charge is 0.335 e. The number of hydrogen-bond acceptors (Lipinski definition) is 8. The standard InChI is InChI=1S/C22H23N5O5/c23-18-20(27-24)25-19(26-21(18)29)16-6-5-11(10-17(16)32-15-3-1-2-4-15)12-7-13(22(30)31)9-14(28)8-12/h5-10,15,28H,1-4,23-24H2,(H,30,31)(H2,25,26,27,29). The number of aromatic nitrogens is 2. The van der Waals surface area contributed by atoms with E-state index >= 15 is 0 Å². The van der Waals surface area contributed by atoms with Crippen molar-refractivity contribution in [2.45, 2.75) is 31.8 Å². The number of hydrazine groups is 1. The van der Waals surface area contributed by atoms with Crippen molar-refractivity contribution in [3.8, 4) is 34.0 Å². The number of aromatic carboxylic acids is 1. The normalized spacial score (nSPS) is 13.8. The molecule has 0 saturated heterocycles. The van der Waals surface area contributed by atoms with Crippen LogP contribution in [-0.2, 0) is 0 Å². The molecule has 0 radical (unpaired) electrons. The van der Waals surface area contributed by atoms with E-state index in [4.69, 9.17) is 16.3 Å². The number of nitrogen functional groups attached to an aromatic ring is 2. The van der Waals surface area contributed by atoms with Crippen molar-refractivity contribution in [2.24, 2.45) is 5.84 Å². The molecule has 0 amide bonds. The maximum absolute atomic E-state index is 12.2. The highest BCUT2D eigenvalue weighted by Gasteiger charge is 2.21. The van der Waals surface area contributed by atoms with Crippen molar-refractivity contribution in [2.75, 3.05) is 11.2 Å². The number of ether oxygens (including phenoxy) is 1. The highest BCUT2D eigenvalue weighted by Crippen LogP contribution is 2.36. The topological polar surface area (TPSA) is 177 Å². The van der Waals surface area contributed by atoms with Crippen LogP contribution in [0.5, 0.6) is 11.5 Å². The van der Waals surface area contributed by atoms with E-state index in [2.05, 4.69) is 15.4 Å². The van der Waals surface area contributed by atoms with Gasteiger partial charge in [0.05, 0.1) is 17.2 Å². The predicted octanol–water partition coefficient (Wildman–Crippen LogP) is 2.70. The highest BCUT2D eigenvalue weighted by molar-refractivity contribution is 5.90. The van der Waals surface area contributed by atoms with Crippen molar-refractivity contribution >= 4 is 17.5 Å². The maximum atomic E-state index is 12.2. The van der Waals surface area contributed by atoms with E-state index in [9.17, 15) is 19.8 Å². The minimum atomic E-state index is -1.15. The zero-order chi connectivity index (χ0) is 22.8. The summed E-state index contributed by atoms with van der Waals surface area (Å²) in [5.41, 5.74) is 8.98. The number of phenols is 1. The Kier molecular flexibility index (Phi) is 5.69. The van der Waals surface area contributed by atoms with Gasteiger partial charge in [0.2, 0.25) is 0 Å². The molecule has 1 saturated carbocycles. The number of hydrogen-bond donors (Lipinski definition) is 6. The molecular formula is C22H23N5O5. The van der Waals surface area contributed by atoms with Crippen LogP contribution in [0.3, 0.4) is 0 Å². The SMILES string of the molecule is NNc1nc(-c2ccc(-c3cc(O)cc(C(=O)O)c3)cc2OC2CCCC2)[nH]c(=O)c1N. The van der Waals surface area contributed by atoms with E-state index in [-0.39, 0.29) is 34.7 Å². The van der Waals surface area contributed by atoms with Gasteiger partial charge in [-0.1, -0.05) is 6.07 Å². The summed E-state index contributed by atoms with van der Waals surface area (Å²) in [6.45, 7) is 0. The van der Waals surface area contributed by atoms with Gasteiger partial charge in [-0.25, -0.2) is 15.6 Å². The summed E-state index contributed by atoms with van der Waals surface area (Å²) in [5.74, 6) is 4.86. The second kappa shape index (κ2) is 8.60. The first-order valence-corrected chi connectivity index (χ1v) is 10.1. The maximum Gasteiger partial charge on any atom is 0.335 e. The molecule has 10 nitrogen and oxygen atoms in total. The van der Waals surface area contributed by atoms with Crippen LogP contribution < -0.4 is 27.3 Å². The molecular weight excluding hydrogens is 414 g/mol. The lowest BCUT2D eigenvalue weighted by atomic mass is 10.00. The summed E-state index contributed by atoms with van der Waals surface area (Å²) in [5, 5.41) is 19.3. The zero-order valence-corrected chi connectivity index (χ0v) is 17.1. The van der Waals surface area contributed by atoms with Crippen molar-refractivity contribution in [1.82, 2.24) is 9.97 Å². The molecule has 1 aromatic heterocycles. The first-order chi connectivity index (χ1) is 15.4. The van der Waals surface area contributed by atoms with E-state index < -0.39 is 11.5 Å². The molecule has 10 heteroatoms. The number of H-pyrrole nitrogens is 1. The van der Waals surface area contributed by atoms with Gasteiger partial charge in [-0.15, -0.1) is 0 Å². The summed E-state index contributed by atoms with van der Waals surface area (Å²) in [7, 11) is 0. The van der Waals surface area contributed by atoms with Crippen LogP contribution in [0.4, 0.5) is 11.5 Å². The molecule has 1 fully saturated rings. The number of phenolic OH excluding ortho intramolecular Hbond substituents is 1. The number of carboxylic acids is 1. The summed E-state index contributed by atoms with van der Waals surface area (Å²) in [6.07, 6.45) is 3.94. The minimum Gasteiger partial charge on any atom is -0.508 e. The Bertz CT molecular complexity index is 1230. The Morgan fingerprint density at radius 2 is 1.91 bits per heavy atom. The number of carboxylic acid groups (broad SMARTS) is 1. The number of anilines is 2. The lowest BCUT2D eigenvalue weighted by molar-refractivity contribution is 0.0696. The molecule has 166 valence electrons. The van der Waals surface area contributed by atoms with E-state index in [0.717, 1.165) is 25.7 Å². The quantitative estimate of drug-likeness (QED) is 0.250. The van der Waals surface area contributed by atoms with Gasteiger partial charge in [0.25, 0.3) is 5.56 Å². The molecule has 0 atom stereocenters. The number of carbonyl (C=O) groups is 1. The van der Waals surface area contributed by atoms with Crippen molar-refractivity contribution in [1.29, 1.82) is 0 Å². The third-order valence-corrected chi connectivity index (χ3v) is 5.42. The van der Waals surface area contributed by atoms with Crippen molar-refractivity contribution in [3.63, 3.8) is 0 Å². The van der Waals surface area contributed by atoms with Crippen LogP contribution >= 0.6 is 0 Å². The molecule has 3 aromatic rings. The van der Waals surface area contributed by atoms with E-state index in [1.807, 2.05) is 0 Å². The fraction of sp³-hybridized carbons (Fsp3) is 0.227. The van der Waals surface area contributed by atoms with E-state index in [1.165, 1.54) is 18.2 Å². The number of nitrogens with two attached hydrogens (primary N) is 2. The molecule has 0 unspecified atom stereocenters. The number of aromatic amines is 1. The average molecular weight is 437 g/mol. The first kappa shape index (κ1) is 21.2. The van der Waals surface area contributed by atoms with Gasteiger partial charge in [-0.3, -0.25) is 4.79 Å². The highest BCUT2D eigenvalue weighted by atomic mass is 16.5. The molecule has 8 N–H and O–H groups in total. The van der Waals surface area contributed by atoms with Gasteiger partial charge in [0, 0.05) is 0 Å². The number of aromatic hydroxyl groups is 1. The fourth-order valence-corrected chi connectivity index (χ4v) is 3.80. The average Bonchev–Trinajstić information content (AvgIpc) is 3.28. The van der Waals surface area contributed by atoms with E-state index in [0.29, 0.717) is 22.4 Å². The second-order valence-electron chi connectivity index (χ2n) is 7.63. The van der Waals surface area contributed by atoms with E-state index in [1.54, 1.807) is 18.2 Å². The van der Waals surface area contributed by atoms with Crippen LogP contribution in [-0.4, -0.2) is 32.3 Å². The van der Waals surface area contributed by atoms with Gasteiger partial charge in [0.15, 0.2) is 5.82 Å². The van der Waals surface area contributed by atoms with Crippen molar-refractivity contribution in [3.05, 3.63) is 52.3 Å². The summed E-state index contributed by atoms with van der Waals surface area (Å²) < 4.78 is 6.25. The predicted molar refractivity (Wildman–Crippen MR) is 119 cm³/mol. The molecule has 1 aliphatic rings. The Labute approximate surface area is 182 Å². The van der Waals surface area contributed by atoms with Crippen LogP contribution in [0.1, 0.15) is 36.0 Å². The fourth-order valence-electron chi connectivity index (χ4n) is 3.80. The summed E-state index contributed by atoms with van der Waals surface area (Å²) >= 11 is 0. The van der Waals surface area contributed by atoms with Crippen LogP contribution in [0, 0.1) is 0 Å². The molecule has 2 aromatic carbocycles. The molecule has 0 spiro atoms. The Balaban J connectivity index is 1.84. The molecule has 32 heavy (non-hydrogen) atoms. The van der Waals surface area contributed by atoms with Gasteiger partial charge in [-0.05, 0) is 67.1 Å². The number of nitrogens with zero attached hydrogens (tertiary/aromatic N) is 1. The minimum absolute atomic E-state index is 0.00960. The monoisotopic (exact) mass is 437 g/mol.